The van der Waals surface area contributed by atoms with Crippen molar-refractivity contribution in [3.05, 3.63) is 129 Å². The largest absolute Gasteiger partial charge is 1.00 e. The number of phenolic OH excluding ortho intramolecular Hbond substituents is 2. The average Bonchev–Trinajstić information content (AvgIpc) is 3.55. The normalized spacial score (nSPS) is 11.5. The fraction of sp³-hybridized carbons (Fsp3) is 0.118. The molecular weight excluding hydrogens is 788 g/mol. The van der Waals surface area contributed by atoms with E-state index in [2.05, 4.69) is 30.7 Å². The Morgan fingerprint density at radius 1 is 0.593 bits per heavy atom. The first-order chi connectivity index (χ1) is 24.5. The molecule has 0 fully saturated rings. The van der Waals surface area contributed by atoms with Crippen molar-refractivity contribution in [2.75, 3.05) is 12.5 Å². The van der Waals surface area contributed by atoms with Crippen molar-refractivity contribution in [3.8, 4) is 22.9 Å². The van der Waals surface area contributed by atoms with Gasteiger partial charge in [-0.1, -0.05) is 61.6 Å². The summed E-state index contributed by atoms with van der Waals surface area (Å²) in [5.41, 5.74) is 1.26. The molecule has 2 heterocycles. The number of benzene rings is 4. The molecule has 0 amide bonds. The number of hydrogen-bond donors (Lipinski definition) is 2. The Kier molecular flexibility index (Phi) is 14.5. The van der Waals surface area contributed by atoms with Crippen LogP contribution in [-0.4, -0.2) is 59.1 Å². The third-order valence-electron chi connectivity index (χ3n) is 7.24. The van der Waals surface area contributed by atoms with Gasteiger partial charge in [0, 0.05) is 42.0 Å². The SMILES string of the molecule is Cc1nn(-c2ccccc2)c(=O)[c-]1N=Nc1ccc(S(C)(=O)=O)cc1O.Cc1nn(-c2ccccc2)c(=O)[c-]1N=Nc1ccc(S(C)(=O)=O)cc1O.[Cr].[Na+]. The molecule has 6 aromatic rings. The van der Waals surface area contributed by atoms with Crippen molar-refractivity contribution >= 4 is 42.4 Å². The maximum absolute atomic E-state index is 12.5. The fourth-order valence-corrected chi connectivity index (χ4v) is 5.84. The van der Waals surface area contributed by atoms with Crippen LogP contribution < -0.4 is 40.7 Å². The third-order valence-corrected chi connectivity index (χ3v) is 9.46. The molecule has 274 valence electrons. The summed E-state index contributed by atoms with van der Waals surface area (Å²) < 4.78 is 48.4. The zero-order chi connectivity index (χ0) is 37.8. The molecular formula is C34H30CrN8NaO8S2-. The molecule has 0 aliphatic carbocycles. The fourth-order valence-electron chi connectivity index (χ4n) is 4.56. The van der Waals surface area contributed by atoms with E-state index in [1.54, 1.807) is 62.4 Å². The van der Waals surface area contributed by atoms with E-state index in [0.29, 0.717) is 22.8 Å². The molecule has 0 saturated heterocycles. The zero-order valence-corrected chi connectivity index (χ0v) is 34.3. The first kappa shape index (κ1) is 43.5. The number of sulfone groups is 2. The quantitative estimate of drug-likeness (QED) is 0.130. The van der Waals surface area contributed by atoms with E-state index in [-0.39, 0.29) is 91.0 Å². The number of aromatic hydroxyl groups is 2. The third kappa shape index (κ3) is 10.2. The van der Waals surface area contributed by atoms with Gasteiger partial charge in [0.05, 0.1) is 21.2 Å². The predicted octanol–water partition coefficient (Wildman–Crippen LogP) is 2.57. The zero-order valence-electron chi connectivity index (χ0n) is 29.4. The Morgan fingerprint density at radius 2 is 0.926 bits per heavy atom. The molecule has 0 saturated carbocycles. The molecule has 0 aliphatic rings. The van der Waals surface area contributed by atoms with Crippen molar-refractivity contribution in [2.24, 2.45) is 20.5 Å². The second-order valence-electron chi connectivity index (χ2n) is 11.2. The molecule has 20 heteroatoms. The Bertz CT molecular complexity index is 2490. The second kappa shape index (κ2) is 18.0. The number of nitrogens with zero attached hydrogens (tertiary/aromatic N) is 8. The molecule has 0 unspecified atom stereocenters. The second-order valence-corrected chi connectivity index (χ2v) is 15.2. The minimum Gasteiger partial charge on any atom is -0.506 e. The molecule has 0 atom stereocenters. The monoisotopic (exact) mass is 817 g/mol. The van der Waals surface area contributed by atoms with E-state index < -0.39 is 30.8 Å². The molecule has 2 aromatic heterocycles. The Balaban J connectivity index is 0.000000280. The standard InChI is InChI=1S/2C17H15N4O4S.Cr.Na/c2*1-11-16(17(23)21(20-11)12-6-4-3-5-7-12)19-18-14-9-8-13(10-15(14)22)26(2,24)25;;/h2*3-10,22H,1-2H3;;/q2*-1;;+1. The van der Waals surface area contributed by atoms with E-state index in [1.807, 2.05) is 12.1 Å². The Hall–Kier alpha value is -4.87. The number of aromatic nitrogens is 4. The molecule has 2 N–H and O–H groups in total. The van der Waals surface area contributed by atoms with Crippen LogP contribution in [0.1, 0.15) is 11.4 Å². The number of para-hydroxylation sites is 2. The summed E-state index contributed by atoms with van der Waals surface area (Å²) in [6.45, 7) is 3.25. The van der Waals surface area contributed by atoms with Gasteiger partial charge in [-0.3, -0.25) is 0 Å². The van der Waals surface area contributed by atoms with Crippen LogP contribution in [0.25, 0.3) is 11.4 Å². The number of aryl methyl sites for hydroxylation is 2. The van der Waals surface area contributed by atoms with Gasteiger partial charge in [-0.2, -0.15) is 10.2 Å². The van der Waals surface area contributed by atoms with Crippen molar-refractivity contribution in [1.29, 1.82) is 0 Å². The molecule has 0 radical (unpaired) electrons. The Morgan fingerprint density at radius 3 is 1.22 bits per heavy atom. The number of rotatable bonds is 8. The van der Waals surface area contributed by atoms with Crippen LogP contribution in [0, 0.1) is 13.8 Å². The van der Waals surface area contributed by atoms with Gasteiger partial charge in [0.1, 0.15) is 34.0 Å². The van der Waals surface area contributed by atoms with E-state index in [1.165, 1.54) is 33.6 Å². The van der Waals surface area contributed by atoms with Crippen LogP contribution in [-0.2, 0) is 37.0 Å². The van der Waals surface area contributed by atoms with Crippen LogP contribution in [0.15, 0.2) is 137 Å². The van der Waals surface area contributed by atoms with E-state index >= 15 is 0 Å². The first-order valence-corrected chi connectivity index (χ1v) is 18.9. The number of hydrogen-bond acceptors (Lipinski definition) is 14. The molecule has 0 bridgehead atoms. The van der Waals surface area contributed by atoms with Gasteiger partial charge in [0.15, 0.2) is 19.7 Å². The smallest absolute Gasteiger partial charge is 0.506 e. The van der Waals surface area contributed by atoms with Gasteiger partial charge < -0.3 is 30.0 Å². The van der Waals surface area contributed by atoms with Crippen LogP contribution in [0.3, 0.4) is 0 Å². The minimum atomic E-state index is -3.45. The van der Waals surface area contributed by atoms with E-state index in [4.69, 9.17) is 0 Å². The summed E-state index contributed by atoms with van der Waals surface area (Å²) in [5.74, 6) is -0.700. The average molecular weight is 818 g/mol. The molecule has 0 spiro atoms. The van der Waals surface area contributed by atoms with Gasteiger partial charge in [0.25, 0.3) is 0 Å². The topological polar surface area (TPSA) is 228 Å². The molecule has 0 aliphatic heterocycles. The maximum Gasteiger partial charge on any atom is 1.00 e. The van der Waals surface area contributed by atoms with Crippen LogP contribution >= 0.6 is 0 Å². The summed E-state index contributed by atoms with van der Waals surface area (Å²) >= 11 is 0. The summed E-state index contributed by atoms with van der Waals surface area (Å²) in [4.78, 5) is 24.9. The molecule has 6 rings (SSSR count). The van der Waals surface area contributed by atoms with Gasteiger partial charge in [-0.25, -0.2) is 36.4 Å². The predicted molar refractivity (Wildman–Crippen MR) is 191 cm³/mol. The maximum atomic E-state index is 12.5. The number of phenols is 2. The first-order valence-electron chi connectivity index (χ1n) is 15.1. The van der Waals surface area contributed by atoms with Crippen molar-refractivity contribution in [1.82, 2.24) is 19.6 Å². The molecule has 54 heavy (non-hydrogen) atoms. The molecule has 16 nitrogen and oxygen atoms in total. The summed E-state index contributed by atoms with van der Waals surface area (Å²) in [6.07, 6.45) is 2.07. The summed E-state index contributed by atoms with van der Waals surface area (Å²) in [5, 5.41) is 43.7. The van der Waals surface area contributed by atoms with E-state index in [0.717, 1.165) is 24.6 Å². The van der Waals surface area contributed by atoms with Gasteiger partial charge in [-0.05, 0) is 48.5 Å². The van der Waals surface area contributed by atoms with Gasteiger partial charge in [-0.15, -0.1) is 11.4 Å². The van der Waals surface area contributed by atoms with Crippen molar-refractivity contribution in [2.45, 2.75) is 23.6 Å². The van der Waals surface area contributed by atoms with Crippen molar-refractivity contribution in [3.63, 3.8) is 0 Å². The van der Waals surface area contributed by atoms with Gasteiger partial charge in [0.2, 0.25) is 0 Å². The van der Waals surface area contributed by atoms with Crippen molar-refractivity contribution < 1.29 is 74.0 Å². The minimum absolute atomic E-state index is 0. The summed E-state index contributed by atoms with van der Waals surface area (Å²) in [7, 11) is -6.89. The van der Waals surface area contributed by atoms with Gasteiger partial charge >= 0.3 is 29.6 Å². The van der Waals surface area contributed by atoms with Crippen LogP contribution in [0.5, 0.6) is 11.5 Å². The summed E-state index contributed by atoms with van der Waals surface area (Å²) in [6, 6.07) is 25.2. The van der Waals surface area contributed by atoms with Crippen LogP contribution in [0.4, 0.5) is 22.7 Å². The van der Waals surface area contributed by atoms with E-state index in [9.17, 15) is 36.6 Å². The Labute approximate surface area is 342 Å². The molecule has 4 aromatic carbocycles. The number of azo groups is 2. The van der Waals surface area contributed by atoms with Crippen LogP contribution in [0.2, 0.25) is 0 Å².